The summed E-state index contributed by atoms with van der Waals surface area (Å²) < 4.78 is 0. The molecule has 3 heterocycles. The Morgan fingerprint density at radius 3 is 2.67 bits per heavy atom. The third kappa shape index (κ3) is 4.30. The SMILES string of the molecule is CCN(CC)c1ncc2c(n1)-c1sc(NC(=O)N3CCC[C@@]3(Cc3ccccc3)C(N)=O)nc1CC2. The molecule has 2 aliphatic rings. The average Bonchev–Trinajstić information content (AvgIpc) is 3.50. The van der Waals surface area contributed by atoms with Crippen LogP contribution in [0, 0.1) is 0 Å². The van der Waals surface area contributed by atoms with Gasteiger partial charge in [-0.2, -0.15) is 0 Å². The first-order chi connectivity index (χ1) is 17.4. The lowest BCUT2D eigenvalue weighted by atomic mass is 9.87. The fourth-order valence-electron chi connectivity index (χ4n) is 5.24. The maximum Gasteiger partial charge on any atom is 0.324 e. The number of hydrogen-bond acceptors (Lipinski definition) is 7. The minimum atomic E-state index is -1.05. The van der Waals surface area contributed by atoms with Crippen LogP contribution in [0.5, 0.6) is 0 Å². The summed E-state index contributed by atoms with van der Waals surface area (Å²) in [6.45, 7) is 6.29. The standard InChI is InChI=1S/C26H31N7O2S/c1-3-32(4-2)23-28-16-18-11-12-19-21(20(18)30-23)36-24(29-19)31-25(35)33-14-8-13-26(33,22(27)34)15-17-9-6-5-7-10-17/h5-7,9-10,16H,3-4,8,11-15H2,1-2H3,(H2,27,34)(H,29,31,35)/t26-/m1/s1. The summed E-state index contributed by atoms with van der Waals surface area (Å²) in [4.78, 5) is 45.0. The van der Waals surface area contributed by atoms with Crippen molar-refractivity contribution in [1.82, 2.24) is 19.9 Å². The van der Waals surface area contributed by atoms with Crippen LogP contribution in [0.3, 0.4) is 0 Å². The Hall–Kier alpha value is -3.53. The normalized spacial score (nSPS) is 18.4. The highest BCUT2D eigenvalue weighted by Gasteiger charge is 2.48. The van der Waals surface area contributed by atoms with Gasteiger partial charge in [-0.3, -0.25) is 10.1 Å². The van der Waals surface area contributed by atoms with Gasteiger partial charge in [-0.05, 0) is 50.7 Å². The minimum Gasteiger partial charge on any atom is -0.368 e. The van der Waals surface area contributed by atoms with Crippen molar-refractivity contribution in [3.05, 3.63) is 53.3 Å². The molecule has 1 saturated heterocycles. The third-order valence-corrected chi connectivity index (χ3v) is 8.21. The zero-order chi connectivity index (χ0) is 25.3. The maximum atomic E-state index is 13.4. The molecule has 0 spiro atoms. The molecule has 0 radical (unpaired) electrons. The number of amides is 3. The average molecular weight is 506 g/mol. The monoisotopic (exact) mass is 505 g/mol. The van der Waals surface area contributed by atoms with Crippen molar-refractivity contribution in [2.75, 3.05) is 29.9 Å². The van der Waals surface area contributed by atoms with Gasteiger partial charge in [0, 0.05) is 32.3 Å². The summed E-state index contributed by atoms with van der Waals surface area (Å²) >= 11 is 1.42. The number of primary amides is 1. The fourth-order valence-corrected chi connectivity index (χ4v) is 6.27. The summed E-state index contributed by atoms with van der Waals surface area (Å²) in [5, 5.41) is 3.47. The van der Waals surface area contributed by atoms with Crippen LogP contribution in [-0.2, 0) is 24.1 Å². The number of aromatic nitrogens is 3. The smallest absolute Gasteiger partial charge is 0.324 e. The molecule has 1 atom stereocenters. The van der Waals surface area contributed by atoms with Crippen LogP contribution in [-0.4, -0.2) is 57.0 Å². The maximum absolute atomic E-state index is 13.4. The summed E-state index contributed by atoms with van der Waals surface area (Å²) in [7, 11) is 0. The molecule has 2 aromatic heterocycles. The lowest BCUT2D eigenvalue weighted by Crippen LogP contribution is -2.58. The largest absolute Gasteiger partial charge is 0.368 e. The molecule has 1 fully saturated rings. The predicted octanol–water partition coefficient (Wildman–Crippen LogP) is 3.64. The molecule has 36 heavy (non-hydrogen) atoms. The van der Waals surface area contributed by atoms with Gasteiger partial charge in [0.25, 0.3) is 0 Å². The van der Waals surface area contributed by atoms with Gasteiger partial charge < -0.3 is 15.5 Å². The van der Waals surface area contributed by atoms with E-state index in [1.165, 1.54) is 11.3 Å². The molecule has 3 aromatic rings. The number of nitrogens with zero attached hydrogens (tertiary/aromatic N) is 5. The second kappa shape index (κ2) is 9.85. The van der Waals surface area contributed by atoms with E-state index in [0.717, 1.165) is 59.7 Å². The Labute approximate surface area is 214 Å². The number of likely N-dealkylation sites (tertiary alicyclic amines) is 1. The number of aryl methyl sites for hydroxylation is 2. The molecule has 3 N–H and O–H groups in total. The zero-order valence-corrected chi connectivity index (χ0v) is 21.5. The number of urea groups is 1. The van der Waals surface area contributed by atoms with E-state index in [0.29, 0.717) is 30.5 Å². The van der Waals surface area contributed by atoms with Crippen LogP contribution in [0.4, 0.5) is 15.9 Å². The molecular formula is C26H31N7O2S. The Kier molecular flexibility index (Phi) is 6.61. The van der Waals surface area contributed by atoms with Gasteiger partial charge in [-0.1, -0.05) is 41.7 Å². The van der Waals surface area contributed by atoms with E-state index >= 15 is 0 Å². The quantitative estimate of drug-likeness (QED) is 0.506. The van der Waals surface area contributed by atoms with E-state index in [2.05, 4.69) is 29.0 Å². The Bertz CT molecular complexity index is 1270. The van der Waals surface area contributed by atoms with E-state index in [4.69, 9.17) is 15.7 Å². The lowest BCUT2D eigenvalue weighted by Gasteiger charge is -2.35. The first-order valence-electron chi connectivity index (χ1n) is 12.5. The molecule has 0 saturated carbocycles. The predicted molar refractivity (Wildman–Crippen MR) is 141 cm³/mol. The van der Waals surface area contributed by atoms with Crippen LogP contribution in [0.1, 0.15) is 43.5 Å². The molecule has 3 amide bonds. The molecule has 1 aliphatic carbocycles. The second-order valence-electron chi connectivity index (χ2n) is 9.25. The number of rotatable bonds is 7. The summed E-state index contributed by atoms with van der Waals surface area (Å²) in [5.74, 6) is 0.224. The van der Waals surface area contributed by atoms with E-state index in [-0.39, 0.29) is 6.03 Å². The van der Waals surface area contributed by atoms with Gasteiger partial charge in [0.2, 0.25) is 11.9 Å². The van der Waals surface area contributed by atoms with Crippen LogP contribution < -0.4 is 16.0 Å². The Balaban J connectivity index is 1.40. The third-order valence-electron chi connectivity index (χ3n) is 7.19. The number of carbonyl (C=O) groups excluding carboxylic acids is 2. The number of fused-ring (bicyclic) bond motifs is 3. The van der Waals surface area contributed by atoms with Gasteiger partial charge in [-0.15, -0.1) is 0 Å². The van der Waals surface area contributed by atoms with E-state index in [9.17, 15) is 9.59 Å². The minimum absolute atomic E-state index is 0.347. The Morgan fingerprint density at radius 2 is 1.94 bits per heavy atom. The number of thiazole rings is 1. The van der Waals surface area contributed by atoms with Gasteiger partial charge >= 0.3 is 6.03 Å². The molecule has 1 aliphatic heterocycles. The van der Waals surface area contributed by atoms with Gasteiger partial charge in [0.15, 0.2) is 5.13 Å². The van der Waals surface area contributed by atoms with Crippen LogP contribution in [0.2, 0.25) is 0 Å². The van der Waals surface area contributed by atoms with Crippen molar-refractivity contribution in [3.8, 4) is 10.6 Å². The zero-order valence-electron chi connectivity index (χ0n) is 20.7. The van der Waals surface area contributed by atoms with Crippen LogP contribution >= 0.6 is 11.3 Å². The van der Waals surface area contributed by atoms with Crippen molar-refractivity contribution >= 4 is 34.4 Å². The lowest BCUT2D eigenvalue weighted by molar-refractivity contribution is -0.127. The molecule has 5 rings (SSSR count). The molecule has 0 bridgehead atoms. The van der Waals surface area contributed by atoms with Gasteiger partial charge in [0.05, 0.1) is 16.3 Å². The summed E-state index contributed by atoms with van der Waals surface area (Å²) in [5.41, 5.74) is 8.74. The highest BCUT2D eigenvalue weighted by Crippen LogP contribution is 2.40. The summed E-state index contributed by atoms with van der Waals surface area (Å²) in [6.07, 6.45) is 5.14. The first-order valence-corrected chi connectivity index (χ1v) is 13.3. The number of nitrogens with one attached hydrogen (secondary N) is 1. The number of anilines is 2. The molecule has 1 aromatic carbocycles. The van der Waals surface area contributed by atoms with E-state index in [1.807, 2.05) is 36.5 Å². The molecule has 9 nitrogen and oxygen atoms in total. The van der Waals surface area contributed by atoms with Gasteiger partial charge in [-0.25, -0.2) is 19.7 Å². The van der Waals surface area contributed by atoms with E-state index < -0.39 is 11.4 Å². The molecule has 0 unspecified atom stereocenters. The first kappa shape index (κ1) is 24.2. The topological polar surface area (TPSA) is 117 Å². The molecule has 188 valence electrons. The van der Waals surface area contributed by atoms with E-state index in [1.54, 1.807) is 4.90 Å². The van der Waals surface area contributed by atoms with Crippen LogP contribution in [0.15, 0.2) is 36.5 Å². The number of benzene rings is 1. The van der Waals surface area contributed by atoms with Crippen molar-refractivity contribution in [2.24, 2.45) is 5.73 Å². The highest BCUT2D eigenvalue weighted by atomic mass is 32.1. The van der Waals surface area contributed by atoms with Crippen molar-refractivity contribution in [3.63, 3.8) is 0 Å². The molecule has 10 heteroatoms. The number of hydrogen-bond donors (Lipinski definition) is 2. The fraction of sp³-hybridized carbons (Fsp3) is 0.423. The van der Waals surface area contributed by atoms with Crippen molar-refractivity contribution in [2.45, 2.75) is 51.5 Å². The Morgan fingerprint density at radius 1 is 1.17 bits per heavy atom. The highest BCUT2D eigenvalue weighted by molar-refractivity contribution is 7.19. The molecular weight excluding hydrogens is 474 g/mol. The summed E-state index contributed by atoms with van der Waals surface area (Å²) in [6, 6.07) is 9.35. The number of carbonyl (C=O) groups is 2. The number of nitrogens with two attached hydrogens (primary N) is 1. The van der Waals surface area contributed by atoms with Crippen LogP contribution in [0.25, 0.3) is 10.6 Å². The van der Waals surface area contributed by atoms with Crippen molar-refractivity contribution in [1.29, 1.82) is 0 Å². The van der Waals surface area contributed by atoms with Crippen molar-refractivity contribution < 1.29 is 9.59 Å². The second-order valence-corrected chi connectivity index (χ2v) is 10.3. The van der Waals surface area contributed by atoms with Gasteiger partial charge in [0.1, 0.15) is 5.54 Å².